The summed E-state index contributed by atoms with van der Waals surface area (Å²) in [4.78, 5) is 28.2. The summed E-state index contributed by atoms with van der Waals surface area (Å²) in [5.74, 6) is -9.10. The summed E-state index contributed by atoms with van der Waals surface area (Å²) in [6, 6.07) is 8.25. The number of aliphatic hydroxyl groups is 2. The van der Waals surface area contributed by atoms with Crippen molar-refractivity contribution in [2.45, 2.75) is 58.8 Å². The van der Waals surface area contributed by atoms with Gasteiger partial charge in [0.15, 0.2) is 11.5 Å². The molecule has 0 amide bonds. The van der Waals surface area contributed by atoms with Crippen LogP contribution in [0.3, 0.4) is 0 Å². The smallest absolute Gasteiger partial charge is 0.238 e. The van der Waals surface area contributed by atoms with Crippen molar-refractivity contribution in [1.82, 2.24) is 0 Å². The molecule has 2 aliphatic carbocycles. The van der Waals surface area contributed by atoms with Crippen LogP contribution in [0.2, 0.25) is 0 Å². The highest BCUT2D eigenvalue weighted by atomic mass is 16.4. The van der Waals surface area contributed by atoms with Crippen LogP contribution in [0.4, 0.5) is 0 Å². The fraction of sp³-hybridized carbons (Fsp3) is 0.268. The Morgan fingerprint density at radius 2 is 1.55 bits per heavy atom. The van der Waals surface area contributed by atoms with E-state index in [1.807, 2.05) is 13.8 Å². The average molecular weight is 725 g/mol. The lowest BCUT2D eigenvalue weighted by atomic mass is 9.64. The van der Waals surface area contributed by atoms with Gasteiger partial charge in [0.1, 0.15) is 57.0 Å². The van der Waals surface area contributed by atoms with Crippen molar-refractivity contribution >= 4 is 16.8 Å². The summed E-state index contributed by atoms with van der Waals surface area (Å²) in [6.07, 6.45) is 3.80. The molecule has 12 nitrogen and oxygen atoms in total. The number of phenols is 6. The highest BCUT2D eigenvalue weighted by Crippen LogP contribution is 2.55. The van der Waals surface area contributed by atoms with Gasteiger partial charge in [0, 0.05) is 58.6 Å². The summed E-state index contributed by atoms with van der Waals surface area (Å²) < 4.78 is 5.75. The van der Waals surface area contributed by atoms with Gasteiger partial charge in [0.05, 0.1) is 5.56 Å². The minimum atomic E-state index is -1.22. The lowest BCUT2D eigenvalue weighted by Gasteiger charge is -2.38. The van der Waals surface area contributed by atoms with Crippen LogP contribution in [0.25, 0.3) is 22.3 Å². The van der Waals surface area contributed by atoms with Crippen molar-refractivity contribution in [3.63, 3.8) is 0 Å². The molecule has 1 heterocycles. The van der Waals surface area contributed by atoms with Gasteiger partial charge in [-0.25, -0.2) is 0 Å². The van der Waals surface area contributed by atoms with Crippen LogP contribution in [-0.4, -0.2) is 51.7 Å². The minimum Gasteiger partial charge on any atom is -0.512 e. The minimum absolute atomic E-state index is 0.00611. The molecule has 9 N–H and O–H groups in total. The second-order valence-electron chi connectivity index (χ2n) is 14.1. The van der Waals surface area contributed by atoms with Gasteiger partial charge < -0.3 is 50.4 Å². The predicted octanol–water partition coefficient (Wildman–Crippen LogP) is 7.82. The topological polar surface area (TPSA) is 229 Å². The first-order chi connectivity index (χ1) is 25.0. The van der Waals surface area contributed by atoms with Gasteiger partial charge in [0.25, 0.3) is 0 Å². The zero-order chi connectivity index (χ0) is 38.6. The Hall–Kier alpha value is -6.30. The first kappa shape index (κ1) is 36.5. The van der Waals surface area contributed by atoms with Crippen molar-refractivity contribution in [2.75, 3.05) is 0 Å². The van der Waals surface area contributed by atoms with Crippen LogP contribution in [0.5, 0.6) is 40.2 Å². The Morgan fingerprint density at radius 1 is 0.849 bits per heavy atom. The van der Waals surface area contributed by atoms with E-state index in [1.165, 1.54) is 24.3 Å². The number of aliphatic hydroxyl groups excluding tert-OH is 2. The number of fused-ring (bicyclic) bond motifs is 1. The number of ketones is 1. The summed E-state index contributed by atoms with van der Waals surface area (Å²) in [5, 5.41) is 98.0. The third kappa shape index (κ3) is 6.41. The molecule has 53 heavy (non-hydrogen) atoms. The van der Waals surface area contributed by atoms with E-state index in [2.05, 4.69) is 0 Å². The number of phenolic OH excluding ortho intramolecular Hbond substituents is 6. The molecule has 12 heteroatoms. The molecule has 0 fully saturated rings. The Kier molecular flexibility index (Phi) is 9.42. The Balaban J connectivity index is 1.59. The van der Waals surface area contributed by atoms with Crippen molar-refractivity contribution in [1.29, 1.82) is 0 Å². The van der Waals surface area contributed by atoms with E-state index in [-0.39, 0.29) is 69.9 Å². The highest BCUT2D eigenvalue weighted by molar-refractivity contribution is 6.00. The first-order valence-corrected chi connectivity index (χ1v) is 17.0. The largest absolute Gasteiger partial charge is 0.512 e. The van der Waals surface area contributed by atoms with Gasteiger partial charge in [0.2, 0.25) is 11.2 Å². The third-order valence-corrected chi connectivity index (χ3v) is 10.1. The van der Waals surface area contributed by atoms with E-state index < -0.39 is 80.5 Å². The number of rotatable bonds is 7. The molecular weight excluding hydrogens is 684 g/mol. The molecule has 276 valence electrons. The fourth-order valence-electron chi connectivity index (χ4n) is 7.55. The maximum atomic E-state index is 15.0. The molecule has 4 atom stereocenters. The van der Waals surface area contributed by atoms with Crippen LogP contribution >= 0.6 is 0 Å². The summed E-state index contributed by atoms with van der Waals surface area (Å²) in [6.45, 7) is 7.20. The van der Waals surface area contributed by atoms with Crippen molar-refractivity contribution in [3.05, 3.63) is 110 Å². The lowest BCUT2D eigenvalue weighted by molar-refractivity contribution is -0.121. The molecular formula is C41H40O12. The van der Waals surface area contributed by atoms with Gasteiger partial charge in [-0.3, -0.25) is 9.59 Å². The molecule has 0 aliphatic heterocycles. The normalized spacial score (nSPS) is 20.4. The third-order valence-electron chi connectivity index (χ3n) is 10.1. The number of hydrogen-bond donors (Lipinski definition) is 9. The molecule has 3 aromatic carbocycles. The van der Waals surface area contributed by atoms with E-state index in [4.69, 9.17) is 4.42 Å². The Labute approximate surface area is 303 Å². The van der Waals surface area contributed by atoms with Gasteiger partial charge in [-0.05, 0) is 63.8 Å². The second kappa shape index (κ2) is 13.7. The molecule has 0 spiro atoms. The van der Waals surface area contributed by atoms with Crippen LogP contribution in [0.15, 0.2) is 97.6 Å². The van der Waals surface area contributed by atoms with Gasteiger partial charge in [-0.2, -0.15) is 0 Å². The molecule has 4 unspecified atom stereocenters. The molecule has 6 rings (SSSR count). The lowest BCUT2D eigenvalue weighted by Crippen LogP contribution is -2.34. The van der Waals surface area contributed by atoms with E-state index >= 15 is 4.79 Å². The predicted molar refractivity (Wildman–Crippen MR) is 196 cm³/mol. The number of hydrogen-bond acceptors (Lipinski definition) is 12. The van der Waals surface area contributed by atoms with Gasteiger partial charge in [-0.1, -0.05) is 36.3 Å². The molecule has 1 aromatic heterocycles. The summed E-state index contributed by atoms with van der Waals surface area (Å²) in [7, 11) is 0. The molecule has 0 saturated heterocycles. The number of allylic oxidation sites excluding steroid dienone is 7. The molecule has 2 aliphatic rings. The van der Waals surface area contributed by atoms with Crippen molar-refractivity contribution < 1.29 is 55.2 Å². The van der Waals surface area contributed by atoms with Gasteiger partial charge >= 0.3 is 0 Å². The van der Waals surface area contributed by atoms with Gasteiger partial charge in [-0.15, -0.1) is 0 Å². The van der Waals surface area contributed by atoms with Crippen molar-refractivity contribution in [3.8, 4) is 51.6 Å². The molecule has 0 bridgehead atoms. The second-order valence-corrected chi connectivity index (χ2v) is 14.1. The average Bonchev–Trinajstić information content (AvgIpc) is 3.07. The van der Waals surface area contributed by atoms with E-state index in [1.54, 1.807) is 26.0 Å². The van der Waals surface area contributed by atoms with E-state index in [9.17, 15) is 50.8 Å². The highest BCUT2D eigenvalue weighted by Gasteiger charge is 2.45. The van der Waals surface area contributed by atoms with Crippen LogP contribution in [0, 0.1) is 11.8 Å². The maximum absolute atomic E-state index is 15.0. The van der Waals surface area contributed by atoms with Crippen LogP contribution in [-0.2, 0) is 4.79 Å². The van der Waals surface area contributed by atoms with Crippen molar-refractivity contribution in [2.24, 2.45) is 11.8 Å². The summed E-state index contributed by atoms with van der Waals surface area (Å²) >= 11 is 0. The first-order valence-electron chi connectivity index (χ1n) is 17.0. The number of carbonyl (C=O) groups is 1. The van der Waals surface area contributed by atoms with Crippen LogP contribution < -0.4 is 5.43 Å². The SMILES string of the molecule is CC(C)=CCC1=C(O)C(C)CC(C(=O)C2C(c3c(O)ccc(-c4oc5cc(O)cc(O)c5c(=O)c4O)c3O)C=C(C)CC2c2ccc(O)cc2O)=C1O. The molecule has 0 saturated carbocycles. The number of aromatic hydroxyl groups is 7. The summed E-state index contributed by atoms with van der Waals surface area (Å²) in [5.41, 5.74) is 0.244. The zero-order valence-electron chi connectivity index (χ0n) is 29.4. The van der Waals surface area contributed by atoms with Crippen LogP contribution in [0.1, 0.15) is 69.9 Å². The number of benzene rings is 3. The monoisotopic (exact) mass is 724 g/mol. The quantitative estimate of drug-likeness (QED) is 0.0831. The Bertz CT molecular complexity index is 2370. The Morgan fingerprint density at radius 3 is 2.23 bits per heavy atom. The zero-order valence-corrected chi connectivity index (χ0v) is 29.4. The molecule has 0 radical (unpaired) electrons. The fourth-order valence-corrected chi connectivity index (χ4v) is 7.55. The standard InChI is InChI=1S/C41H40O12/c1-17(2)5-7-23-35(47)19(4)13-27(36(23)48)38(50)32-25(22-8-6-20(42)14-29(22)45)11-18(3)12-26(32)33-28(44)10-9-24(37(33)49)41-40(52)39(51)34-30(46)15-21(43)16-31(34)53-41/h5-6,8-10,12,14-16,19,25-26,32,42-49,52H,7,11,13H2,1-4H3. The molecule has 4 aromatic rings. The van der Waals surface area contributed by atoms with E-state index in [0.717, 1.165) is 23.8 Å². The number of carbonyl (C=O) groups excluding carboxylic acids is 1. The number of Topliss-reactive ketones (excluding diaryl/α,β-unsaturated/α-hetero) is 1. The van der Waals surface area contributed by atoms with E-state index in [0.29, 0.717) is 5.57 Å². The maximum Gasteiger partial charge on any atom is 0.238 e.